The topological polar surface area (TPSA) is 66.8 Å². The number of carbonyl (C=O) groups excluding carboxylic acids is 2. The number of Topliss-reactive ketones (excluding diaryl/α,β-unsaturated/α-hetero) is 1. The van der Waals surface area contributed by atoms with Gasteiger partial charge in [0.15, 0.2) is 0 Å². The molecule has 0 aromatic heterocycles. The van der Waals surface area contributed by atoms with Gasteiger partial charge in [-0.2, -0.15) is 0 Å². The lowest BCUT2D eigenvalue weighted by Crippen LogP contribution is -2.40. The number of ether oxygens (including phenoxy) is 1. The summed E-state index contributed by atoms with van der Waals surface area (Å²) >= 11 is 0. The summed E-state index contributed by atoms with van der Waals surface area (Å²) in [5, 5.41) is 11.1. The highest BCUT2D eigenvalue weighted by atomic mass is 19.1. The summed E-state index contributed by atoms with van der Waals surface area (Å²) in [5.74, 6) is -1.79. The molecule has 1 amide bonds. The Morgan fingerprint density at radius 1 is 1.07 bits per heavy atom. The highest BCUT2D eigenvalue weighted by molar-refractivity contribution is 6.46. The predicted molar refractivity (Wildman–Crippen MR) is 110 cm³/mol. The summed E-state index contributed by atoms with van der Waals surface area (Å²) in [6.07, 6.45) is 4.50. The number of ketones is 1. The number of carbonyl (C=O) groups is 2. The van der Waals surface area contributed by atoms with Gasteiger partial charge in [-0.1, -0.05) is 49.6 Å². The molecule has 2 aliphatic rings. The minimum absolute atomic E-state index is 0.0797. The summed E-state index contributed by atoms with van der Waals surface area (Å²) in [7, 11) is 1.50. The van der Waals surface area contributed by atoms with E-state index in [1.54, 1.807) is 42.5 Å². The third-order valence-electron chi connectivity index (χ3n) is 5.99. The van der Waals surface area contributed by atoms with Crippen molar-refractivity contribution in [1.82, 2.24) is 4.90 Å². The zero-order chi connectivity index (χ0) is 21.3. The van der Waals surface area contributed by atoms with Crippen molar-refractivity contribution in [3.8, 4) is 5.75 Å². The smallest absolute Gasteiger partial charge is 0.295 e. The highest BCUT2D eigenvalue weighted by Gasteiger charge is 2.49. The fourth-order valence-electron chi connectivity index (χ4n) is 4.51. The van der Waals surface area contributed by atoms with Crippen molar-refractivity contribution in [3.63, 3.8) is 0 Å². The van der Waals surface area contributed by atoms with Gasteiger partial charge in [-0.05, 0) is 31.0 Å². The number of aliphatic hydroxyl groups is 1. The summed E-state index contributed by atoms with van der Waals surface area (Å²) < 4.78 is 20.0. The van der Waals surface area contributed by atoms with Gasteiger partial charge in [0.05, 0.1) is 18.7 Å². The van der Waals surface area contributed by atoms with E-state index in [9.17, 15) is 19.1 Å². The van der Waals surface area contributed by atoms with Crippen molar-refractivity contribution in [2.24, 2.45) is 0 Å². The average Bonchev–Trinajstić information content (AvgIpc) is 3.04. The molecule has 1 heterocycles. The Kier molecular flexibility index (Phi) is 5.57. The number of methoxy groups -OCH3 is 1. The first-order valence-corrected chi connectivity index (χ1v) is 10.2. The molecule has 2 aromatic carbocycles. The summed E-state index contributed by atoms with van der Waals surface area (Å²) in [6, 6.07) is 11.6. The van der Waals surface area contributed by atoms with Gasteiger partial charge in [0.1, 0.15) is 17.3 Å². The van der Waals surface area contributed by atoms with Crippen molar-refractivity contribution in [3.05, 3.63) is 71.0 Å². The molecule has 1 saturated heterocycles. The van der Waals surface area contributed by atoms with Gasteiger partial charge in [0, 0.05) is 17.2 Å². The fraction of sp³-hybridized carbons (Fsp3) is 0.333. The zero-order valence-electron chi connectivity index (χ0n) is 16.8. The molecule has 6 heteroatoms. The van der Waals surface area contributed by atoms with Crippen LogP contribution in [-0.2, 0) is 9.59 Å². The lowest BCUT2D eigenvalue weighted by molar-refractivity contribution is -0.141. The van der Waals surface area contributed by atoms with E-state index in [0.29, 0.717) is 11.3 Å². The standard InChI is InChI=1S/C24H24FNO4/c1-30-17-11-7-8-15(14-17)22(27)20-21(18-12-5-6-13-19(18)25)26(24(29)23(20)28)16-9-3-2-4-10-16/h5-8,11-14,16,21,27H,2-4,9-10H2,1H3/b22-20-. The lowest BCUT2D eigenvalue weighted by atomic mass is 9.90. The van der Waals surface area contributed by atoms with Crippen LogP contribution in [0.2, 0.25) is 0 Å². The Hall–Kier alpha value is -3.15. The van der Waals surface area contributed by atoms with Crippen LogP contribution in [0.5, 0.6) is 5.75 Å². The SMILES string of the molecule is COc1cccc(/C(O)=C2/C(=O)C(=O)N(C3CCCCC3)C2c2ccccc2F)c1. The maximum absolute atomic E-state index is 14.8. The first-order chi connectivity index (χ1) is 14.5. The van der Waals surface area contributed by atoms with E-state index in [1.165, 1.54) is 18.1 Å². The Labute approximate surface area is 174 Å². The van der Waals surface area contributed by atoms with E-state index in [-0.39, 0.29) is 22.9 Å². The van der Waals surface area contributed by atoms with Gasteiger partial charge in [-0.25, -0.2) is 4.39 Å². The molecule has 2 fully saturated rings. The molecule has 5 nitrogen and oxygen atoms in total. The number of hydrogen-bond donors (Lipinski definition) is 1. The second-order valence-corrected chi connectivity index (χ2v) is 7.75. The molecule has 0 bridgehead atoms. The van der Waals surface area contributed by atoms with Crippen molar-refractivity contribution in [1.29, 1.82) is 0 Å². The van der Waals surface area contributed by atoms with Crippen LogP contribution in [0, 0.1) is 5.82 Å². The van der Waals surface area contributed by atoms with Crippen molar-refractivity contribution >= 4 is 17.4 Å². The second-order valence-electron chi connectivity index (χ2n) is 7.75. The molecule has 1 N–H and O–H groups in total. The first-order valence-electron chi connectivity index (χ1n) is 10.2. The van der Waals surface area contributed by atoms with Crippen LogP contribution < -0.4 is 4.74 Å². The van der Waals surface area contributed by atoms with E-state index in [0.717, 1.165) is 32.1 Å². The van der Waals surface area contributed by atoms with Gasteiger partial charge >= 0.3 is 0 Å². The van der Waals surface area contributed by atoms with E-state index < -0.39 is 23.5 Å². The van der Waals surface area contributed by atoms with Gasteiger partial charge in [-0.15, -0.1) is 0 Å². The van der Waals surface area contributed by atoms with E-state index in [2.05, 4.69) is 0 Å². The number of nitrogens with zero attached hydrogens (tertiary/aromatic N) is 1. The molecular formula is C24H24FNO4. The minimum Gasteiger partial charge on any atom is -0.507 e. The largest absolute Gasteiger partial charge is 0.507 e. The number of halogens is 1. The summed E-state index contributed by atoms with van der Waals surface area (Å²) in [5.41, 5.74) is 0.480. The molecule has 0 radical (unpaired) electrons. The average molecular weight is 409 g/mol. The van der Waals surface area contributed by atoms with Gasteiger partial charge in [-0.3, -0.25) is 9.59 Å². The molecule has 30 heavy (non-hydrogen) atoms. The number of rotatable bonds is 4. The predicted octanol–water partition coefficient (Wildman–Crippen LogP) is 4.59. The minimum atomic E-state index is -0.958. The third kappa shape index (κ3) is 3.47. The number of aliphatic hydroxyl groups excluding tert-OH is 1. The molecule has 2 aromatic rings. The van der Waals surface area contributed by atoms with Crippen LogP contribution >= 0.6 is 0 Å². The van der Waals surface area contributed by atoms with Crippen LogP contribution in [0.25, 0.3) is 5.76 Å². The molecule has 1 saturated carbocycles. The van der Waals surface area contributed by atoms with Crippen LogP contribution in [0.1, 0.15) is 49.3 Å². The molecular weight excluding hydrogens is 385 g/mol. The van der Waals surface area contributed by atoms with E-state index in [1.807, 2.05) is 0 Å². The van der Waals surface area contributed by atoms with E-state index in [4.69, 9.17) is 4.74 Å². The van der Waals surface area contributed by atoms with Gasteiger partial charge in [0.25, 0.3) is 11.7 Å². The van der Waals surface area contributed by atoms with Gasteiger partial charge in [0.2, 0.25) is 0 Å². The normalized spacial score (nSPS) is 21.8. The number of likely N-dealkylation sites (tertiary alicyclic amines) is 1. The van der Waals surface area contributed by atoms with E-state index >= 15 is 0 Å². The van der Waals surface area contributed by atoms with Crippen molar-refractivity contribution < 1.29 is 23.8 Å². The van der Waals surface area contributed by atoms with Gasteiger partial charge < -0.3 is 14.7 Å². The van der Waals surface area contributed by atoms with Crippen molar-refractivity contribution in [2.45, 2.75) is 44.2 Å². The second kappa shape index (κ2) is 8.30. The number of benzene rings is 2. The number of hydrogen-bond acceptors (Lipinski definition) is 4. The highest BCUT2D eigenvalue weighted by Crippen LogP contribution is 2.43. The molecule has 1 unspecified atom stereocenters. The molecule has 0 spiro atoms. The molecule has 1 aliphatic heterocycles. The quantitative estimate of drug-likeness (QED) is 0.456. The van der Waals surface area contributed by atoms with Crippen LogP contribution in [0.15, 0.2) is 54.1 Å². The first kappa shape index (κ1) is 20.1. The Morgan fingerprint density at radius 3 is 2.50 bits per heavy atom. The van der Waals surface area contributed by atoms with Crippen LogP contribution in [0.4, 0.5) is 4.39 Å². The van der Waals surface area contributed by atoms with Crippen LogP contribution in [-0.4, -0.2) is 34.8 Å². The monoisotopic (exact) mass is 409 g/mol. The Balaban J connectivity index is 1.89. The third-order valence-corrected chi connectivity index (χ3v) is 5.99. The molecule has 1 aliphatic carbocycles. The Bertz CT molecular complexity index is 1010. The summed E-state index contributed by atoms with van der Waals surface area (Å²) in [4.78, 5) is 27.6. The van der Waals surface area contributed by atoms with Crippen molar-refractivity contribution in [2.75, 3.05) is 7.11 Å². The fourth-order valence-corrected chi connectivity index (χ4v) is 4.51. The Morgan fingerprint density at radius 2 is 1.80 bits per heavy atom. The molecule has 156 valence electrons. The molecule has 1 atom stereocenters. The van der Waals surface area contributed by atoms with Crippen LogP contribution in [0.3, 0.4) is 0 Å². The zero-order valence-corrected chi connectivity index (χ0v) is 16.8. The number of amides is 1. The summed E-state index contributed by atoms with van der Waals surface area (Å²) in [6.45, 7) is 0. The maximum Gasteiger partial charge on any atom is 0.295 e. The lowest BCUT2D eigenvalue weighted by Gasteiger charge is -2.35. The molecule has 4 rings (SSSR count). The maximum atomic E-state index is 14.8.